The Morgan fingerprint density at radius 1 is 1.38 bits per heavy atom. The van der Waals surface area contributed by atoms with Crippen LogP contribution < -0.4 is 4.72 Å². The molecule has 0 amide bonds. The third-order valence-electron chi connectivity index (χ3n) is 1.67. The maximum atomic E-state index is 11.2. The summed E-state index contributed by atoms with van der Waals surface area (Å²) in [6.07, 6.45) is 7.44. The summed E-state index contributed by atoms with van der Waals surface area (Å²) in [6, 6.07) is 0. The van der Waals surface area contributed by atoms with Crippen LogP contribution in [0.25, 0.3) is 0 Å². The molecule has 4 heteroatoms. The molecule has 0 saturated heterocycles. The minimum Gasteiger partial charge on any atom is -0.215 e. The van der Waals surface area contributed by atoms with Crippen LogP contribution in [0.1, 0.15) is 33.1 Å². The van der Waals surface area contributed by atoms with Gasteiger partial charge in [0.15, 0.2) is 0 Å². The number of unbranched alkanes of at least 4 members (excludes halogenated alkanes) is 2. The summed E-state index contributed by atoms with van der Waals surface area (Å²) in [5.74, 6) is 2.51. The first-order valence-corrected chi connectivity index (χ1v) is 5.97. The van der Waals surface area contributed by atoms with E-state index in [1.54, 1.807) is 13.8 Å². The number of hydrogen-bond donors (Lipinski definition) is 1. The largest absolute Gasteiger partial charge is 0.215 e. The number of hydrogen-bond acceptors (Lipinski definition) is 2. The van der Waals surface area contributed by atoms with E-state index in [4.69, 9.17) is 6.42 Å². The van der Waals surface area contributed by atoms with E-state index in [1.807, 2.05) is 0 Å². The van der Waals surface area contributed by atoms with Gasteiger partial charge in [0.1, 0.15) is 0 Å². The smallest absolute Gasteiger partial charge is 0.213 e. The van der Waals surface area contributed by atoms with Gasteiger partial charge in [-0.15, -0.1) is 12.3 Å². The van der Waals surface area contributed by atoms with Crippen molar-refractivity contribution in [2.75, 3.05) is 6.54 Å². The Morgan fingerprint density at radius 3 is 2.46 bits per heavy atom. The topological polar surface area (TPSA) is 46.2 Å². The summed E-state index contributed by atoms with van der Waals surface area (Å²) in [7, 11) is -3.09. The van der Waals surface area contributed by atoms with Crippen LogP contribution in [0.3, 0.4) is 0 Å². The molecule has 1 N–H and O–H groups in total. The molecule has 0 atom stereocenters. The van der Waals surface area contributed by atoms with Crippen LogP contribution in [0, 0.1) is 12.3 Å². The van der Waals surface area contributed by atoms with Crippen molar-refractivity contribution in [3.8, 4) is 12.3 Å². The summed E-state index contributed by atoms with van der Waals surface area (Å²) < 4.78 is 24.9. The molecule has 0 aromatic carbocycles. The molecule has 0 bridgehead atoms. The normalized spacial score (nSPS) is 11.5. The first kappa shape index (κ1) is 12.5. The molecule has 0 aliphatic carbocycles. The molecule has 0 rings (SSSR count). The van der Waals surface area contributed by atoms with Gasteiger partial charge in [0, 0.05) is 13.0 Å². The second kappa shape index (κ2) is 6.01. The highest BCUT2D eigenvalue weighted by Gasteiger charge is 2.13. The molecule has 0 saturated carbocycles. The monoisotopic (exact) mass is 203 g/mol. The fourth-order valence-electron chi connectivity index (χ4n) is 0.733. The molecule has 0 aliphatic rings. The van der Waals surface area contributed by atoms with Crippen LogP contribution in [0.2, 0.25) is 0 Å². The highest BCUT2D eigenvalue weighted by Crippen LogP contribution is 1.97. The molecular formula is C9H17NO2S. The molecule has 0 fully saturated rings. The SMILES string of the molecule is C#CCCCCNS(=O)(=O)C(C)C. The van der Waals surface area contributed by atoms with Crippen molar-refractivity contribution in [3.05, 3.63) is 0 Å². The van der Waals surface area contributed by atoms with Crippen LogP contribution in [0.15, 0.2) is 0 Å². The van der Waals surface area contributed by atoms with Gasteiger partial charge in [-0.2, -0.15) is 0 Å². The Morgan fingerprint density at radius 2 is 2.00 bits per heavy atom. The first-order valence-electron chi connectivity index (χ1n) is 4.42. The second-order valence-electron chi connectivity index (χ2n) is 3.15. The molecule has 3 nitrogen and oxygen atoms in total. The molecular weight excluding hydrogens is 186 g/mol. The minimum atomic E-state index is -3.09. The van der Waals surface area contributed by atoms with Crippen LogP contribution in [0.5, 0.6) is 0 Å². The lowest BCUT2D eigenvalue weighted by molar-refractivity contribution is 0.568. The predicted octanol–water partition coefficient (Wildman–Crippen LogP) is 1.12. The second-order valence-corrected chi connectivity index (χ2v) is 5.47. The van der Waals surface area contributed by atoms with Gasteiger partial charge < -0.3 is 0 Å². The molecule has 0 aliphatic heterocycles. The highest BCUT2D eigenvalue weighted by molar-refractivity contribution is 7.90. The maximum absolute atomic E-state index is 11.2. The standard InChI is InChI=1S/C9H17NO2S/c1-4-5-6-7-8-10-13(11,12)9(2)3/h1,9-10H,5-8H2,2-3H3. The Labute approximate surface area is 81.0 Å². The van der Waals surface area contributed by atoms with Crippen molar-refractivity contribution in [2.24, 2.45) is 0 Å². The maximum Gasteiger partial charge on any atom is 0.213 e. The van der Waals surface area contributed by atoms with Crippen LogP contribution in [-0.2, 0) is 10.0 Å². The molecule has 0 aromatic rings. The molecule has 76 valence electrons. The van der Waals surface area contributed by atoms with Gasteiger partial charge >= 0.3 is 0 Å². The van der Waals surface area contributed by atoms with Crippen molar-refractivity contribution >= 4 is 10.0 Å². The quantitative estimate of drug-likeness (QED) is 0.519. The first-order chi connectivity index (χ1) is 6.00. The van der Waals surface area contributed by atoms with E-state index in [0.717, 1.165) is 12.8 Å². The molecule has 0 aromatic heterocycles. The van der Waals surface area contributed by atoms with Crippen molar-refractivity contribution in [3.63, 3.8) is 0 Å². The fourth-order valence-corrected chi connectivity index (χ4v) is 1.50. The molecule has 13 heavy (non-hydrogen) atoms. The van der Waals surface area contributed by atoms with Gasteiger partial charge in [-0.3, -0.25) is 0 Å². The zero-order valence-electron chi connectivity index (χ0n) is 8.21. The average molecular weight is 203 g/mol. The summed E-state index contributed by atoms with van der Waals surface area (Å²) >= 11 is 0. The van der Waals surface area contributed by atoms with Crippen LogP contribution in [-0.4, -0.2) is 20.2 Å². The van der Waals surface area contributed by atoms with Crippen molar-refractivity contribution in [1.82, 2.24) is 4.72 Å². The fraction of sp³-hybridized carbons (Fsp3) is 0.778. The van der Waals surface area contributed by atoms with Gasteiger partial charge in [0.25, 0.3) is 0 Å². The predicted molar refractivity (Wildman–Crippen MR) is 54.7 cm³/mol. The minimum absolute atomic E-state index is 0.361. The number of nitrogens with one attached hydrogen (secondary N) is 1. The summed E-state index contributed by atoms with van der Waals surface area (Å²) in [5, 5.41) is -0.361. The van der Waals surface area contributed by atoms with Gasteiger partial charge in [-0.25, -0.2) is 13.1 Å². The van der Waals surface area contributed by atoms with Crippen LogP contribution in [0.4, 0.5) is 0 Å². The Balaban J connectivity index is 3.61. The Hall–Kier alpha value is -0.530. The molecule has 0 spiro atoms. The molecule has 0 unspecified atom stereocenters. The third kappa shape index (κ3) is 5.67. The van der Waals surface area contributed by atoms with Crippen molar-refractivity contribution < 1.29 is 8.42 Å². The Bertz CT molecular complexity index is 262. The summed E-state index contributed by atoms with van der Waals surface area (Å²) in [6.45, 7) is 3.80. The van der Waals surface area contributed by atoms with Gasteiger partial charge in [0.05, 0.1) is 5.25 Å². The average Bonchev–Trinajstić information content (AvgIpc) is 2.03. The van der Waals surface area contributed by atoms with Crippen molar-refractivity contribution in [1.29, 1.82) is 0 Å². The van der Waals surface area contributed by atoms with Crippen LogP contribution >= 0.6 is 0 Å². The lowest BCUT2D eigenvalue weighted by atomic mass is 10.2. The zero-order chi connectivity index (χ0) is 10.3. The van der Waals surface area contributed by atoms with Gasteiger partial charge in [-0.1, -0.05) is 0 Å². The number of terminal acetylenes is 1. The highest BCUT2D eigenvalue weighted by atomic mass is 32.2. The molecule has 0 heterocycles. The van der Waals surface area contributed by atoms with E-state index in [1.165, 1.54) is 0 Å². The Kier molecular flexibility index (Phi) is 5.76. The number of sulfonamides is 1. The lowest BCUT2D eigenvalue weighted by Crippen LogP contribution is -2.31. The van der Waals surface area contributed by atoms with Gasteiger partial charge in [-0.05, 0) is 26.7 Å². The zero-order valence-corrected chi connectivity index (χ0v) is 9.02. The van der Waals surface area contributed by atoms with E-state index in [9.17, 15) is 8.42 Å². The molecule has 0 radical (unpaired) electrons. The van der Waals surface area contributed by atoms with E-state index in [0.29, 0.717) is 13.0 Å². The summed E-state index contributed by atoms with van der Waals surface area (Å²) in [4.78, 5) is 0. The lowest BCUT2D eigenvalue weighted by Gasteiger charge is -2.08. The van der Waals surface area contributed by atoms with E-state index in [2.05, 4.69) is 10.6 Å². The van der Waals surface area contributed by atoms with Gasteiger partial charge in [0.2, 0.25) is 10.0 Å². The number of rotatable bonds is 6. The third-order valence-corrected chi connectivity index (χ3v) is 3.52. The summed E-state index contributed by atoms with van der Waals surface area (Å²) in [5.41, 5.74) is 0. The van der Waals surface area contributed by atoms with E-state index >= 15 is 0 Å². The van der Waals surface area contributed by atoms with E-state index < -0.39 is 10.0 Å². The van der Waals surface area contributed by atoms with E-state index in [-0.39, 0.29) is 5.25 Å². The van der Waals surface area contributed by atoms with Crippen molar-refractivity contribution in [2.45, 2.75) is 38.4 Å².